The van der Waals surface area contributed by atoms with Crippen molar-refractivity contribution in [3.63, 3.8) is 0 Å². The van der Waals surface area contributed by atoms with Gasteiger partial charge >= 0.3 is 11.9 Å². The molecule has 0 radical (unpaired) electrons. The van der Waals surface area contributed by atoms with Gasteiger partial charge < -0.3 is 21.3 Å². The number of imide groups is 1. The van der Waals surface area contributed by atoms with Crippen molar-refractivity contribution in [2.24, 2.45) is 5.73 Å². The lowest BCUT2D eigenvalue weighted by atomic mass is 10.0. The number of carboxylic acid groups (broad SMARTS) is 2. The SMILES string of the molecule is N=C(N)NCCCC(C(=O)O)N1C(=O)C=C(C(=O)O)CC1=O. The van der Waals surface area contributed by atoms with Crippen molar-refractivity contribution in [3.05, 3.63) is 11.6 Å². The summed E-state index contributed by atoms with van der Waals surface area (Å²) in [5.74, 6) is -4.85. The first-order valence-electron chi connectivity index (χ1n) is 6.34. The maximum absolute atomic E-state index is 11.9. The van der Waals surface area contributed by atoms with Gasteiger partial charge in [-0.3, -0.25) is 19.9 Å². The standard InChI is InChI=1S/C12H16N4O6/c13-12(14)15-3-1-2-7(11(21)22)16-8(17)4-6(10(19)20)5-9(16)18/h4,7H,1-3,5H2,(H,19,20)(H,21,22)(H4,13,14,15). The third-order valence-corrected chi connectivity index (χ3v) is 2.99. The number of nitrogens with zero attached hydrogens (tertiary/aromatic N) is 1. The van der Waals surface area contributed by atoms with Crippen LogP contribution in [0.5, 0.6) is 0 Å². The molecule has 0 aromatic rings. The minimum absolute atomic E-state index is 0.0384. The van der Waals surface area contributed by atoms with Gasteiger partial charge in [-0.25, -0.2) is 9.59 Å². The van der Waals surface area contributed by atoms with Crippen LogP contribution in [-0.2, 0) is 19.2 Å². The van der Waals surface area contributed by atoms with E-state index in [1.54, 1.807) is 0 Å². The highest BCUT2D eigenvalue weighted by Crippen LogP contribution is 2.19. The van der Waals surface area contributed by atoms with Crippen LogP contribution in [-0.4, -0.2) is 57.4 Å². The van der Waals surface area contributed by atoms with Crippen LogP contribution in [0.1, 0.15) is 19.3 Å². The zero-order chi connectivity index (χ0) is 16.9. The Morgan fingerprint density at radius 1 is 1.41 bits per heavy atom. The molecule has 1 heterocycles. The molecule has 0 aliphatic carbocycles. The average Bonchev–Trinajstić information content (AvgIpc) is 2.39. The lowest BCUT2D eigenvalue weighted by molar-refractivity contribution is -0.157. The van der Waals surface area contributed by atoms with Gasteiger partial charge in [0.15, 0.2) is 5.96 Å². The van der Waals surface area contributed by atoms with Crippen LogP contribution in [0.15, 0.2) is 11.6 Å². The molecular weight excluding hydrogens is 296 g/mol. The molecule has 0 aromatic heterocycles. The van der Waals surface area contributed by atoms with Crippen molar-refractivity contribution in [2.75, 3.05) is 6.54 Å². The molecule has 1 rings (SSSR count). The van der Waals surface area contributed by atoms with Gasteiger partial charge in [-0.2, -0.15) is 0 Å². The summed E-state index contributed by atoms with van der Waals surface area (Å²) in [6.45, 7) is 0.214. The summed E-state index contributed by atoms with van der Waals surface area (Å²) in [5, 5.41) is 27.4. The molecule has 10 heteroatoms. The topological polar surface area (TPSA) is 174 Å². The fraction of sp³-hybridized carbons (Fsp3) is 0.417. The van der Waals surface area contributed by atoms with Crippen LogP contribution in [0.4, 0.5) is 0 Å². The van der Waals surface area contributed by atoms with Gasteiger partial charge in [-0.15, -0.1) is 0 Å². The van der Waals surface area contributed by atoms with Gasteiger partial charge in [-0.1, -0.05) is 0 Å². The van der Waals surface area contributed by atoms with Crippen LogP contribution in [0.3, 0.4) is 0 Å². The molecule has 120 valence electrons. The first-order chi connectivity index (χ1) is 10.2. The number of carbonyl (C=O) groups excluding carboxylic acids is 2. The minimum atomic E-state index is -1.39. The Labute approximate surface area is 125 Å². The average molecular weight is 312 g/mol. The predicted molar refractivity (Wildman–Crippen MR) is 72.8 cm³/mol. The van der Waals surface area contributed by atoms with Crippen LogP contribution in [0.25, 0.3) is 0 Å². The van der Waals surface area contributed by atoms with Crippen molar-refractivity contribution in [2.45, 2.75) is 25.3 Å². The number of rotatable bonds is 7. The van der Waals surface area contributed by atoms with E-state index >= 15 is 0 Å². The number of carbonyl (C=O) groups is 4. The molecule has 0 fully saturated rings. The van der Waals surface area contributed by atoms with E-state index < -0.39 is 36.2 Å². The molecule has 0 spiro atoms. The number of aliphatic carboxylic acids is 2. The summed E-state index contributed by atoms with van der Waals surface area (Å²) >= 11 is 0. The number of hydrogen-bond donors (Lipinski definition) is 5. The zero-order valence-electron chi connectivity index (χ0n) is 11.5. The number of guanidine groups is 1. The monoisotopic (exact) mass is 312 g/mol. The zero-order valence-corrected chi connectivity index (χ0v) is 11.5. The normalized spacial score (nSPS) is 16.0. The number of nitrogens with one attached hydrogen (secondary N) is 2. The molecule has 10 nitrogen and oxygen atoms in total. The quantitative estimate of drug-likeness (QED) is 0.163. The highest BCUT2D eigenvalue weighted by molar-refractivity contribution is 6.12. The Hall–Kier alpha value is -2.91. The third kappa shape index (κ3) is 4.30. The fourth-order valence-electron chi connectivity index (χ4n) is 1.99. The van der Waals surface area contributed by atoms with E-state index in [1.807, 2.05) is 0 Å². The van der Waals surface area contributed by atoms with Crippen molar-refractivity contribution in [3.8, 4) is 0 Å². The van der Waals surface area contributed by atoms with Gasteiger partial charge in [-0.05, 0) is 12.8 Å². The highest BCUT2D eigenvalue weighted by Gasteiger charge is 2.37. The maximum Gasteiger partial charge on any atom is 0.332 e. The molecule has 22 heavy (non-hydrogen) atoms. The van der Waals surface area contributed by atoms with Crippen LogP contribution in [0.2, 0.25) is 0 Å². The van der Waals surface area contributed by atoms with Gasteiger partial charge in [0.1, 0.15) is 6.04 Å². The maximum atomic E-state index is 11.9. The summed E-state index contributed by atoms with van der Waals surface area (Å²) in [7, 11) is 0. The van der Waals surface area contributed by atoms with Crippen LogP contribution >= 0.6 is 0 Å². The molecule has 1 unspecified atom stereocenters. The second kappa shape index (κ2) is 7.20. The van der Waals surface area contributed by atoms with E-state index in [2.05, 4.69) is 5.32 Å². The molecule has 0 saturated carbocycles. The number of amides is 2. The van der Waals surface area contributed by atoms with Crippen molar-refractivity contribution >= 4 is 29.7 Å². The van der Waals surface area contributed by atoms with Crippen LogP contribution in [0, 0.1) is 5.41 Å². The third-order valence-electron chi connectivity index (χ3n) is 2.99. The molecular formula is C12H16N4O6. The van der Waals surface area contributed by atoms with E-state index in [1.165, 1.54) is 0 Å². The summed E-state index contributed by atoms with van der Waals surface area (Å²) in [4.78, 5) is 46.3. The predicted octanol–water partition coefficient (Wildman–Crippen LogP) is -1.53. The van der Waals surface area contributed by atoms with Gasteiger partial charge in [0.2, 0.25) is 5.91 Å². The number of carboxylic acids is 2. The van der Waals surface area contributed by atoms with Gasteiger partial charge in [0.25, 0.3) is 5.91 Å². The molecule has 0 saturated heterocycles. The van der Waals surface area contributed by atoms with Crippen LogP contribution < -0.4 is 11.1 Å². The number of hydrogen-bond acceptors (Lipinski definition) is 5. The summed E-state index contributed by atoms with van der Waals surface area (Å²) < 4.78 is 0. The fourth-order valence-corrected chi connectivity index (χ4v) is 1.99. The summed E-state index contributed by atoms with van der Waals surface area (Å²) in [6, 6.07) is -1.39. The first kappa shape index (κ1) is 17.1. The van der Waals surface area contributed by atoms with E-state index in [0.29, 0.717) is 4.90 Å². The molecule has 0 bridgehead atoms. The summed E-state index contributed by atoms with van der Waals surface area (Å²) in [5.41, 5.74) is 4.71. The van der Waals surface area contributed by atoms with E-state index in [0.717, 1.165) is 6.08 Å². The highest BCUT2D eigenvalue weighted by atomic mass is 16.4. The summed E-state index contributed by atoms with van der Waals surface area (Å²) in [6.07, 6.45) is 0.441. The van der Waals surface area contributed by atoms with Crippen molar-refractivity contribution < 1.29 is 29.4 Å². The lowest BCUT2D eigenvalue weighted by Gasteiger charge is -2.29. The Bertz CT molecular complexity index is 556. The Morgan fingerprint density at radius 3 is 2.50 bits per heavy atom. The van der Waals surface area contributed by atoms with Gasteiger partial charge in [0.05, 0.1) is 12.0 Å². The first-order valence-corrected chi connectivity index (χ1v) is 6.34. The Kier molecular flexibility index (Phi) is 5.61. The molecule has 1 aliphatic rings. The van der Waals surface area contributed by atoms with E-state index in [-0.39, 0.29) is 30.9 Å². The molecule has 2 amide bonds. The molecule has 6 N–H and O–H groups in total. The second-order valence-corrected chi connectivity index (χ2v) is 4.59. The van der Waals surface area contributed by atoms with E-state index in [9.17, 15) is 24.3 Å². The largest absolute Gasteiger partial charge is 0.480 e. The van der Waals surface area contributed by atoms with E-state index in [4.69, 9.17) is 16.2 Å². The van der Waals surface area contributed by atoms with Crippen molar-refractivity contribution in [1.82, 2.24) is 10.2 Å². The molecule has 1 aliphatic heterocycles. The molecule has 1 atom stereocenters. The molecule has 0 aromatic carbocycles. The number of nitrogens with two attached hydrogens (primary N) is 1. The minimum Gasteiger partial charge on any atom is -0.480 e. The Balaban J connectivity index is 2.81. The van der Waals surface area contributed by atoms with Gasteiger partial charge in [0, 0.05) is 12.6 Å². The smallest absolute Gasteiger partial charge is 0.332 e. The second-order valence-electron chi connectivity index (χ2n) is 4.59. The van der Waals surface area contributed by atoms with Crippen molar-refractivity contribution in [1.29, 1.82) is 5.41 Å². The Morgan fingerprint density at radius 2 is 2.05 bits per heavy atom. The lowest BCUT2D eigenvalue weighted by Crippen LogP contribution is -2.50.